The second-order valence-corrected chi connectivity index (χ2v) is 5.98. The summed E-state index contributed by atoms with van der Waals surface area (Å²) in [5, 5.41) is 0.478. The summed E-state index contributed by atoms with van der Waals surface area (Å²) < 4.78 is 18.7. The van der Waals surface area contributed by atoms with Crippen molar-refractivity contribution in [2.24, 2.45) is 10.7 Å². The molecule has 0 aromatic heterocycles. The van der Waals surface area contributed by atoms with Gasteiger partial charge in [0.15, 0.2) is 16.7 Å². The van der Waals surface area contributed by atoms with Crippen molar-refractivity contribution in [3.8, 4) is 5.75 Å². The van der Waals surface area contributed by atoms with Gasteiger partial charge in [0.25, 0.3) is 0 Å². The first-order valence-electron chi connectivity index (χ1n) is 6.98. The molecule has 0 aliphatic heterocycles. The average Bonchev–Trinajstić information content (AvgIpc) is 2.49. The molecule has 22 heavy (non-hydrogen) atoms. The van der Waals surface area contributed by atoms with Crippen molar-refractivity contribution >= 4 is 22.6 Å². The Morgan fingerprint density at radius 3 is 2.77 bits per heavy atom. The van der Waals surface area contributed by atoms with Crippen LogP contribution in [-0.2, 0) is 0 Å². The van der Waals surface area contributed by atoms with Crippen LogP contribution in [-0.4, -0.2) is 17.5 Å². The topological polar surface area (TPSA) is 47.6 Å². The molecule has 2 N–H and O–H groups in total. The quantitative estimate of drug-likeness (QED) is 0.510. The zero-order valence-corrected chi connectivity index (χ0v) is 13.5. The van der Waals surface area contributed by atoms with Gasteiger partial charge in [0.05, 0.1) is 12.3 Å². The van der Waals surface area contributed by atoms with Crippen LogP contribution >= 0.6 is 11.8 Å². The summed E-state index contributed by atoms with van der Waals surface area (Å²) in [6.07, 6.45) is 0. The summed E-state index contributed by atoms with van der Waals surface area (Å²) in [5.41, 5.74) is 9.02. The van der Waals surface area contributed by atoms with Gasteiger partial charge in [-0.15, -0.1) is 0 Å². The summed E-state index contributed by atoms with van der Waals surface area (Å²) in [5.74, 6) is 0.506. The van der Waals surface area contributed by atoms with Gasteiger partial charge in [0.1, 0.15) is 0 Å². The lowest BCUT2D eigenvalue weighted by atomic mass is 10.1. The number of ether oxygens (including phenoxy) is 1. The number of hydrogen-bond donors (Lipinski definition) is 1. The number of nitrogens with zero attached hydrogens (tertiary/aromatic N) is 1. The van der Waals surface area contributed by atoms with E-state index >= 15 is 0 Å². The third-order valence-corrected chi connectivity index (χ3v) is 3.78. The molecule has 0 bridgehead atoms. The molecule has 0 fully saturated rings. The number of aliphatic imine (C=N–C) groups is 1. The molecule has 0 spiro atoms. The van der Waals surface area contributed by atoms with Crippen molar-refractivity contribution in [2.45, 2.75) is 13.8 Å². The molecular formula is C17H19FN2OS. The number of amidine groups is 1. The fourth-order valence-corrected chi connectivity index (χ4v) is 2.39. The van der Waals surface area contributed by atoms with E-state index in [2.05, 4.69) is 4.99 Å². The van der Waals surface area contributed by atoms with E-state index in [0.717, 1.165) is 16.8 Å². The van der Waals surface area contributed by atoms with Crippen molar-refractivity contribution in [3.05, 3.63) is 59.4 Å². The fraction of sp³-hybridized carbons (Fsp3) is 0.235. The molecule has 0 aliphatic carbocycles. The van der Waals surface area contributed by atoms with Gasteiger partial charge >= 0.3 is 0 Å². The number of rotatable bonds is 5. The number of aryl methyl sites for hydroxylation is 2. The van der Waals surface area contributed by atoms with Gasteiger partial charge in [0, 0.05) is 5.75 Å². The minimum atomic E-state index is -0.357. The Balaban J connectivity index is 1.85. The SMILES string of the molecule is Cc1ccc(C)c(N=C(N)SCCOc2ccccc2F)c1. The van der Waals surface area contributed by atoms with E-state index < -0.39 is 0 Å². The van der Waals surface area contributed by atoms with Gasteiger partial charge in [-0.3, -0.25) is 0 Å². The maximum absolute atomic E-state index is 13.4. The molecule has 0 unspecified atom stereocenters. The number of benzene rings is 2. The Morgan fingerprint density at radius 1 is 1.23 bits per heavy atom. The molecule has 0 radical (unpaired) electrons. The van der Waals surface area contributed by atoms with Crippen molar-refractivity contribution in [2.75, 3.05) is 12.4 Å². The molecule has 2 aromatic carbocycles. The minimum Gasteiger partial charge on any atom is -0.490 e. The normalized spacial score (nSPS) is 11.5. The number of thioether (sulfide) groups is 1. The Morgan fingerprint density at radius 2 is 2.00 bits per heavy atom. The van der Waals surface area contributed by atoms with Crippen LogP contribution in [0.4, 0.5) is 10.1 Å². The third kappa shape index (κ3) is 4.77. The maximum atomic E-state index is 13.4. The maximum Gasteiger partial charge on any atom is 0.165 e. The van der Waals surface area contributed by atoms with Crippen LogP contribution < -0.4 is 10.5 Å². The van der Waals surface area contributed by atoms with Gasteiger partial charge in [-0.2, -0.15) is 0 Å². The van der Waals surface area contributed by atoms with Gasteiger partial charge in [0.2, 0.25) is 0 Å². The Hall–Kier alpha value is -2.01. The summed E-state index contributed by atoms with van der Waals surface area (Å²) in [6.45, 7) is 4.39. The average molecular weight is 318 g/mol. The van der Waals surface area contributed by atoms with Gasteiger partial charge < -0.3 is 10.5 Å². The molecule has 0 saturated carbocycles. The number of halogens is 1. The van der Waals surface area contributed by atoms with Crippen LogP contribution in [0.1, 0.15) is 11.1 Å². The first-order valence-corrected chi connectivity index (χ1v) is 7.96. The molecule has 0 saturated heterocycles. The van der Waals surface area contributed by atoms with E-state index in [-0.39, 0.29) is 11.6 Å². The molecule has 5 heteroatoms. The number of hydrogen-bond acceptors (Lipinski definition) is 3. The summed E-state index contributed by atoms with van der Waals surface area (Å²) in [7, 11) is 0. The zero-order valence-electron chi connectivity index (χ0n) is 12.7. The lowest BCUT2D eigenvalue weighted by Gasteiger charge is -2.07. The third-order valence-electron chi connectivity index (χ3n) is 3.02. The van der Waals surface area contributed by atoms with Gasteiger partial charge in [-0.05, 0) is 43.2 Å². The number of para-hydroxylation sites is 1. The van der Waals surface area contributed by atoms with Crippen LogP contribution in [0, 0.1) is 19.7 Å². The second kappa shape index (κ2) is 7.84. The lowest BCUT2D eigenvalue weighted by Crippen LogP contribution is -2.10. The Labute approximate surface area is 134 Å². The molecule has 0 heterocycles. The summed E-state index contributed by atoms with van der Waals surface area (Å²) >= 11 is 1.39. The second-order valence-electron chi connectivity index (χ2n) is 4.87. The highest BCUT2D eigenvalue weighted by molar-refractivity contribution is 8.13. The first-order chi connectivity index (χ1) is 10.6. The molecular weight excluding hydrogens is 299 g/mol. The van der Waals surface area contributed by atoms with Gasteiger partial charge in [-0.1, -0.05) is 36.0 Å². The smallest absolute Gasteiger partial charge is 0.165 e. The lowest BCUT2D eigenvalue weighted by molar-refractivity contribution is 0.325. The van der Waals surface area contributed by atoms with E-state index in [1.165, 1.54) is 17.8 Å². The molecule has 116 valence electrons. The van der Waals surface area contributed by atoms with Crippen molar-refractivity contribution in [3.63, 3.8) is 0 Å². The van der Waals surface area contributed by atoms with Crippen LogP contribution in [0.2, 0.25) is 0 Å². The highest BCUT2D eigenvalue weighted by atomic mass is 32.2. The standard InChI is InChI=1S/C17H19FN2OS/c1-12-7-8-13(2)15(11-12)20-17(19)22-10-9-21-16-6-4-3-5-14(16)18/h3-8,11H,9-10H2,1-2H3,(H2,19,20). The van der Waals surface area contributed by atoms with E-state index in [1.807, 2.05) is 32.0 Å². The fourth-order valence-electron chi connectivity index (χ4n) is 1.85. The molecule has 0 atom stereocenters. The monoisotopic (exact) mass is 318 g/mol. The highest BCUT2D eigenvalue weighted by Crippen LogP contribution is 2.21. The van der Waals surface area contributed by atoms with Crippen molar-refractivity contribution in [1.82, 2.24) is 0 Å². The zero-order chi connectivity index (χ0) is 15.9. The molecule has 2 rings (SSSR count). The minimum absolute atomic E-state index is 0.258. The molecule has 0 aliphatic rings. The van der Waals surface area contributed by atoms with Gasteiger partial charge in [-0.25, -0.2) is 9.38 Å². The Kier molecular flexibility index (Phi) is 5.83. The van der Waals surface area contributed by atoms with Crippen LogP contribution in [0.15, 0.2) is 47.5 Å². The molecule has 0 amide bonds. The van der Waals surface area contributed by atoms with Crippen molar-refractivity contribution in [1.29, 1.82) is 0 Å². The summed E-state index contributed by atoms with van der Waals surface area (Å²) in [4.78, 5) is 4.41. The predicted molar refractivity (Wildman–Crippen MR) is 91.6 cm³/mol. The van der Waals surface area contributed by atoms with E-state index in [4.69, 9.17) is 10.5 Å². The highest BCUT2D eigenvalue weighted by Gasteiger charge is 2.03. The van der Waals surface area contributed by atoms with E-state index in [0.29, 0.717) is 17.5 Å². The predicted octanol–water partition coefficient (Wildman–Crippen LogP) is 4.20. The van der Waals surface area contributed by atoms with Crippen LogP contribution in [0.25, 0.3) is 0 Å². The van der Waals surface area contributed by atoms with Crippen LogP contribution in [0.5, 0.6) is 5.75 Å². The molecule has 3 nitrogen and oxygen atoms in total. The van der Waals surface area contributed by atoms with E-state index in [9.17, 15) is 4.39 Å². The van der Waals surface area contributed by atoms with Crippen LogP contribution in [0.3, 0.4) is 0 Å². The van der Waals surface area contributed by atoms with E-state index in [1.54, 1.807) is 18.2 Å². The molecule has 2 aromatic rings. The van der Waals surface area contributed by atoms with Crippen molar-refractivity contribution < 1.29 is 9.13 Å². The Bertz CT molecular complexity index is 673. The summed E-state index contributed by atoms with van der Waals surface area (Å²) in [6, 6.07) is 12.4. The number of nitrogens with two attached hydrogens (primary N) is 1. The largest absolute Gasteiger partial charge is 0.490 e. The first kappa shape index (κ1) is 16.4.